The molecule has 0 aliphatic rings. The molecule has 0 N–H and O–H groups in total. The van der Waals surface area contributed by atoms with E-state index in [-0.39, 0.29) is 0 Å². The van der Waals surface area contributed by atoms with Crippen LogP contribution in [0.4, 0.5) is 17.1 Å². The summed E-state index contributed by atoms with van der Waals surface area (Å²) in [7, 11) is 0. The third-order valence-electron chi connectivity index (χ3n) is 10.8. The molecule has 0 spiro atoms. The number of rotatable bonds is 3. The molecule has 0 amide bonds. The van der Waals surface area contributed by atoms with E-state index in [2.05, 4.69) is 165 Å². The Labute approximate surface area is 285 Å². The highest BCUT2D eigenvalue weighted by Crippen LogP contribution is 2.47. The second-order valence-electron chi connectivity index (χ2n) is 13.3. The van der Waals surface area contributed by atoms with Gasteiger partial charge in [0.2, 0.25) is 0 Å². The summed E-state index contributed by atoms with van der Waals surface area (Å²) in [6.45, 7) is 0. The molecule has 12 rings (SSSR count). The van der Waals surface area contributed by atoms with Crippen molar-refractivity contribution in [3.8, 4) is 0 Å². The second-order valence-corrected chi connectivity index (χ2v) is 13.3. The number of furan rings is 1. The topological polar surface area (TPSA) is 25.2 Å². The number of anilines is 3. The predicted molar refractivity (Wildman–Crippen MR) is 209 cm³/mol. The number of fused-ring (bicyclic) bond motifs is 15. The molecule has 50 heavy (non-hydrogen) atoms. The van der Waals surface area contributed by atoms with E-state index >= 15 is 0 Å². The fourth-order valence-corrected chi connectivity index (χ4v) is 8.79. The maximum absolute atomic E-state index is 6.39. The molecule has 0 fully saturated rings. The molecular weight excluding hydrogens is 611 g/mol. The van der Waals surface area contributed by atoms with E-state index < -0.39 is 0 Å². The number of aromatic nitrogens is 2. The molecule has 4 heteroatoms. The molecule has 0 saturated carbocycles. The van der Waals surface area contributed by atoms with Crippen molar-refractivity contribution in [2.45, 2.75) is 0 Å². The van der Waals surface area contributed by atoms with E-state index in [4.69, 9.17) is 4.42 Å². The van der Waals surface area contributed by atoms with Gasteiger partial charge in [-0.25, -0.2) is 0 Å². The van der Waals surface area contributed by atoms with E-state index in [1.54, 1.807) is 0 Å². The highest BCUT2D eigenvalue weighted by Gasteiger charge is 2.25. The van der Waals surface area contributed by atoms with Crippen LogP contribution in [0.2, 0.25) is 0 Å². The van der Waals surface area contributed by atoms with Gasteiger partial charge in [-0.3, -0.25) is 0 Å². The van der Waals surface area contributed by atoms with E-state index in [0.29, 0.717) is 0 Å². The molecule has 8 aromatic carbocycles. The van der Waals surface area contributed by atoms with Crippen molar-refractivity contribution in [3.63, 3.8) is 0 Å². The average Bonchev–Trinajstić information content (AvgIpc) is 3.84. The van der Waals surface area contributed by atoms with Crippen LogP contribution in [-0.2, 0) is 0 Å². The van der Waals surface area contributed by atoms with E-state index in [1.807, 2.05) is 12.1 Å². The third-order valence-corrected chi connectivity index (χ3v) is 10.8. The quantitative estimate of drug-likeness (QED) is 0.180. The summed E-state index contributed by atoms with van der Waals surface area (Å²) in [5.41, 5.74) is 12.3. The average molecular weight is 638 g/mol. The lowest BCUT2D eigenvalue weighted by Gasteiger charge is -2.26. The van der Waals surface area contributed by atoms with Crippen LogP contribution in [0, 0.1) is 0 Å². The normalized spacial score (nSPS) is 12.4. The van der Waals surface area contributed by atoms with Crippen LogP contribution in [-0.4, -0.2) is 8.80 Å². The highest BCUT2D eigenvalue weighted by molar-refractivity contribution is 6.37. The summed E-state index contributed by atoms with van der Waals surface area (Å²) in [5.74, 6) is 0. The minimum Gasteiger partial charge on any atom is -0.456 e. The number of hydrogen-bond donors (Lipinski definition) is 0. The Kier molecular flexibility index (Phi) is 4.94. The van der Waals surface area contributed by atoms with Gasteiger partial charge in [0.25, 0.3) is 0 Å². The summed E-state index contributed by atoms with van der Waals surface area (Å²) in [6, 6.07) is 59.1. The standard InChI is InChI=1S/C46H27N3O/c1-2-12-28(13-3-1)47(30-22-24-32-31-14-8-11-21-41(31)50-42(32)27-30)29-23-25-39-40(26-29)49-38-20-10-7-18-36(38)44-34-16-5-4-15-33(34)43-35-17-6-9-19-37(35)48(39)45(43)46(44)49/h1-27H. The maximum Gasteiger partial charge on any atom is 0.137 e. The van der Waals surface area contributed by atoms with Gasteiger partial charge in [-0.2, -0.15) is 0 Å². The molecule has 0 saturated heterocycles. The van der Waals surface area contributed by atoms with Crippen LogP contribution in [0.5, 0.6) is 0 Å². The van der Waals surface area contributed by atoms with Crippen LogP contribution >= 0.6 is 0 Å². The van der Waals surface area contributed by atoms with Gasteiger partial charge in [0.1, 0.15) is 11.2 Å². The summed E-state index contributed by atoms with van der Waals surface area (Å²) in [5, 5.41) is 10.0. The lowest BCUT2D eigenvalue weighted by Crippen LogP contribution is -2.10. The lowest BCUT2D eigenvalue weighted by molar-refractivity contribution is 0.669. The minimum absolute atomic E-state index is 0.878. The molecular formula is C46H27N3O. The molecule has 0 aliphatic carbocycles. The maximum atomic E-state index is 6.39. The monoisotopic (exact) mass is 637 g/mol. The molecule has 12 aromatic rings. The predicted octanol–water partition coefficient (Wildman–Crippen LogP) is 12.8. The molecule has 4 heterocycles. The molecule has 0 radical (unpaired) electrons. The van der Waals surface area contributed by atoms with Crippen LogP contribution in [0.1, 0.15) is 0 Å². The van der Waals surface area contributed by atoms with E-state index in [0.717, 1.165) is 44.5 Å². The SMILES string of the molecule is c1ccc(N(c2ccc3c(c2)oc2ccccc23)c2ccc3c(c2)n2c4ccccc4c4c5ccccc5c5c6ccccc6n3c5c42)cc1. The fourth-order valence-electron chi connectivity index (χ4n) is 8.79. The summed E-state index contributed by atoms with van der Waals surface area (Å²) in [6.07, 6.45) is 0. The molecule has 4 aromatic heterocycles. The first kappa shape index (κ1) is 26.2. The summed E-state index contributed by atoms with van der Waals surface area (Å²) < 4.78 is 11.4. The van der Waals surface area contributed by atoms with Gasteiger partial charge in [-0.15, -0.1) is 0 Å². The Morgan fingerprint density at radius 2 is 0.860 bits per heavy atom. The first-order chi connectivity index (χ1) is 24.8. The highest BCUT2D eigenvalue weighted by atomic mass is 16.3. The van der Waals surface area contributed by atoms with Gasteiger partial charge in [-0.1, -0.05) is 97.1 Å². The zero-order chi connectivity index (χ0) is 32.5. The van der Waals surface area contributed by atoms with Crippen molar-refractivity contribution in [2.75, 3.05) is 4.90 Å². The largest absolute Gasteiger partial charge is 0.456 e. The van der Waals surface area contributed by atoms with Crippen molar-refractivity contribution in [3.05, 3.63) is 164 Å². The van der Waals surface area contributed by atoms with Crippen LogP contribution in [0.25, 0.3) is 87.4 Å². The Balaban J connectivity index is 1.24. The van der Waals surface area contributed by atoms with Crippen molar-refractivity contribution in [1.29, 1.82) is 0 Å². The Hall–Kier alpha value is -6.78. The van der Waals surface area contributed by atoms with Crippen molar-refractivity contribution in [1.82, 2.24) is 8.80 Å². The third kappa shape index (κ3) is 3.25. The first-order valence-corrected chi connectivity index (χ1v) is 17.1. The van der Waals surface area contributed by atoms with Crippen molar-refractivity contribution in [2.24, 2.45) is 0 Å². The Morgan fingerprint density at radius 1 is 0.340 bits per heavy atom. The second kappa shape index (κ2) is 9.43. The number of hydrogen-bond acceptors (Lipinski definition) is 2. The molecule has 232 valence electrons. The van der Waals surface area contributed by atoms with Gasteiger partial charge in [0.05, 0.1) is 33.1 Å². The van der Waals surface area contributed by atoms with Crippen LogP contribution in [0.15, 0.2) is 168 Å². The molecule has 0 bridgehead atoms. The lowest BCUT2D eigenvalue weighted by atomic mass is 9.98. The van der Waals surface area contributed by atoms with E-state index in [9.17, 15) is 0 Å². The summed E-state index contributed by atoms with van der Waals surface area (Å²) >= 11 is 0. The zero-order valence-corrected chi connectivity index (χ0v) is 26.8. The molecule has 0 atom stereocenters. The Bertz CT molecular complexity index is 3320. The van der Waals surface area contributed by atoms with Gasteiger partial charge in [0.15, 0.2) is 0 Å². The van der Waals surface area contributed by atoms with E-state index in [1.165, 1.54) is 59.9 Å². The zero-order valence-electron chi connectivity index (χ0n) is 26.8. The number of benzene rings is 8. The first-order valence-electron chi connectivity index (χ1n) is 17.1. The van der Waals surface area contributed by atoms with Gasteiger partial charge in [0, 0.05) is 55.4 Å². The van der Waals surface area contributed by atoms with Crippen LogP contribution in [0.3, 0.4) is 0 Å². The molecule has 0 aliphatic heterocycles. The van der Waals surface area contributed by atoms with Gasteiger partial charge < -0.3 is 18.1 Å². The van der Waals surface area contributed by atoms with Gasteiger partial charge >= 0.3 is 0 Å². The van der Waals surface area contributed by atoms with Crippen molar-refractivity contribution < 1.29 is 4.42 Å². The fraction of sp³-hybridized carbons (Fsp3) is 0. The van der Waals surface area contributed by atoms with Crippen molar-refractivity contribution >= 4 is 104 Å². The van der Waals surface area contributed by atoms with Gasteiger partial charge in [-0.05, 0) is 71.4 Å². The summed E-state index contributed by atoms with van der Waals surface area (Å²) in [4.78, 5) is 2.34. The Morgan fingerprint density at radius 3 is 1.56 bits per heavy atom. The molecule has 0 unspecified atom stereocenters. The smallest absolute Gasteiger partial charge is 0.137 e. The number of nitrogens with zero attached hydrogens (tertiary/aromatic N) is 3. The minimum atomic E-state index is 0.878. The number of para-hydroxylation sites is 4. The molecule has 4 nitrogen and oxygen atoms in total. The van der Waals surface area contributed by atoms with Crippen LogP contribution < -0.4 is 4.90 Å².